The van der Waals surface area contributed by atoms with Crippen molar-refractivity contribution in [1.29, 1.82) is 0 Å². The lowest BCUT2D eigenvalue weighted by atomic mass is 10.0. The maximum atomic E-state index is 13.6. The zero-order valence-corrected chi connectivity index (χ0v) is 18.1. The predicted octanol–water partition coefficient (Wildman–Crippen LogP) is 2.23. The van der Waals surface area contributed by atoms with Gasteiger partial charge in [-0.3, -0.25) is 10.6 Å². The molecule has 0 bridgehead atoms. The Kier molecular flexibility index (Phi) is 7.29. The summed E-state index contributed by atoms with van der Waals surface area (Å²) in [6.07, 6.45) is 4.28. The number of rotatable bonds is 5. The molecule has 0 aromatic heterocycles. The van der Waals surface area contributed by atoms with Crippen molar-refractivity contribution in [3.8, 4) is 0 Å². The molecule has 8 nitrogen and oxygen atoms in total. The molecule has 33 heavy (non-hydrogen) atoms. The number of hydrogen-bond donors (Lipinski definition) is 5. The van der Waals surface area contributed by atoms with Gasteiger partial charge in [0.1, 0.15) is 6.17 Å². The predicted molar refractivity (Wildman–Crippen MR) is 119 cm³/mol. The number of nitrogens with two attached hydrogens (primary N) is 1. The van der Waals surface area contributed by atoms with E-state index >= 15 is 0 Å². The third kappa shape index (κ3) is 5.72. The van der Waals surface area contributed by atoms with Crippen molar-refractivity contribution in [2.75, 3.05) is 0 Å². The number of amides is 1. The summed E-state index contributed by atoms with van der Waals surface area (Å²) in [4.78, 5) is 16.8. The number of halogens is 2. The van der Waals surface area contributed by atoms with E-state index in [-0.39, 0.29) is 36.4 Å². The Morgan fingerprint density at radius 2 is 1.85 bits per heavy atom. The van der Waals surface area contributed by atoms with Gasteiger partial charge in [-0.2, -0.15) is 10.1 Å². The molecule has 2 aliphatic rings. The Morgan fingerprint density at radius 3 is 2.52 bits per heavy atom. The number of aliphatic imine (C=N–C) groups is 1. The third-order valence-electron chi connectivity index (χ3n) is 6.04. The summed E-state index contributed by atoms with van der Waals surface area (Å²) in [6.45, 7) is -0.0236. The van der Waals surface area contributed by atoms with Gasteiger partial charge in [-0.05, 0) is 42.2 Å². The van der Waals surface area contributed by atoms with Gasteiger partial charge in [-0.25, -0.2) is 14.2 Å². The molecule has 0 radical (unpaired) electrons. The van der Waals surface area contributed by atoms with Crippen LogP contribution in [0.2, 0.25) is 0 Å². The largest absolute Gasteiger partial charge is 0.392 e. The number of carbonyl (C=O) groups is 1. The maximum Gasteiger partial charge on any atom is 0.280 e. The molecule has 176 valence electrons. The van der Waals surface area contributed by atoms with Crippen molar-refractivity contribution in [2.45, 2.75) is 57.0 Å². The van der Waals surface area contributed by atoms with Crippen LogP contribution in [-0.2, 0) is 6.61 Å². The standard InChI is InChI=1S/C23H28F2N6O2/c24-18-10-9-16(11-19(18)25)22(33)29-23(27-17-3-1-2-4-17)28-21-12-20(30-31(21)26)15-7-5-14(13-32)6-8-15/h5-11,17,20-21,30,32H,1-4,12-13,26H2,(H2,27,28,29,33). The van der Waals surface area contributed by atoms with Gasteiger partial charge in [0.05, 0.1) is 12.6 Å². The molecule has 1 heterocycles. The SMILES string of the molecule is NN1NC(c2ccc(CO)cc2)CC1N/C(=N\C(=O)c1ccc(F)c(F)c1)NC1CCCC1. The molecule has 0 spiro atoms. The molecular weight excluding hydrogens is 430 g/mol. The third-order valence-corrected chi connectivity index (χ3v) is 6.04. The fraction of sp³-hybridized carbons (Fsp3) is 0.391. The zero-order chi connectivity index (χ0) is 23.4. The lowest BCUT2D eigenvalue weighted by Gasteiger charge is -2.24. The molecule has 2 aromatic carbocycles. The first kappa shape index (κ1) is 23.2. The number of benzene rings is 2. The monoisotopic (exact) mass is 458 g/mol. The van der Waals surface area contributed by atoms with Gasteiger partial charge >= 0.3 is 0 Å². The molecule has 2 fully saturated rings. The van der Waals surface area contributed by atoms with E-state index in [1.54, 1.807) is 0 Å². The number of nitrogens with one attached hydrogen (secondary N) is 3. The lowest BCUT2D eigenvalue weighted by molar-refractivity contribution is 0.100. The number of aliphatic hydroxyl groups excluding tert-OH is 1. The second-order valence-electron chi connectivity index (χ2n) is 8.40. The van der Waals surface area contributed by atoms with Crippen molar-refractivity contribution in [1.82, 2.24) is 21.2 Å². The van der Waals surface area contributed by atoms with E-state index in [9.17, 15) is 18.7 Å². The summed E-state index contributed by atoms with van der Waals surface area (Å²) in [7, 11) is 0. The van der Waals surface area contributed by atoms with E-state index < -0.39 is 17.5 Å². The number of carbonyl (C=O) groups excluding carboxylic acids is 1. The first-order valence-electron chi connectivity index (χ1n) is 11.0. The second-order valence-corrected chi connectivity index (χ2v) is 8.40. The molecule has 2 unspecified atom stereocenters. The van der Waals surface area contributed by atoms with Crippen LogP contribution in [0.5, 0.6) is 0 Å². The number of nitrogens with zero attached hydrogens (tertiary/aromatic N) is 2. The summed E-state index contributed by atoms with van der Waals surface area (Å²) in [6, 6.07) is 10.6. The minimum absolute atomic E-state index is 0.0236. The molecule has 1 aliphatic carbocycles. The minimum atomic E-state index is -1.10. The van der Waals surface area contributed by atoms with Crippen molar-refractivity contribution < 1.29 is 18.7 Å². The summed E-state index contributed by atoms with van der Waals surface area (Å²) in [5.74, 6) is 3.60. The maximum absolute atomic E-state index is 13.6. The zero-order valence-electron chi connectivity index (χ0n) is 18.1. The molecule has 4 rings (SSSR count). The first-order valence-corrected chi connectivity index (χ1v) is 11.0. The quantitative estimate of drug-likeness (QED) is 0.265. The Hall–Kier alpha value is -2.92. The highest BCUT2D eigenvalue weighted by atomic mass is 19.2. The number of hydrogen-bond acceptors (Lipinski definition) is 5. The molecular formula is C23H28F2N6O2. The molecule has 1 amide bonds. The second kappa shape index (κ2) is 10.3. The van der Waals surface area contributed by atoms with Crippen molar-refractivity contribution in [3.63, 3.8) is 0 Å². The van der Waals surface area contributed by atoms with Gasteiger partial charge in [-0.1, -0.05) is 37.1 Å². The van der Waals surface area contributed by atoms with Gasteiger partial charge in [0, 0.05) is 18.0 Å². The highest BCUT2D eigenvalue weighted by Crippen LogP contribution is 2.25. The normalized spacial score (nSPS) is 22.0. The van der Waals surface area contributed by atoms with E-state index in [0.717, 1.165) is 48.9 Å². The summed E-state index contributed by atoms with van der Waals surface area (Å²) in [5.41, 5.74) is 4.97. The van der Waals surface area contributed by atoms with Crippen LogP contribution in [0.3, 0.4) is 0 Å². The van der Waals surface area contributed by atoms with E-state index in [2.05, 4.69) is 21.1 Å². The van der Waals surface area contributed by atoms with Crippen LogP contribution in [-0.4, -0.2) is 34.3 Å². The molecule has 1 aliphatic heterocycles. The van der Waals surface area contributed by atoms with E-state index in [0.29, 0.717) is 6.42 Å². The number of hydrazine groups is 2. The van der Waals surface area contributed by atoms with Gasteiger partial charge in [0.15, 0.2) is 11.6 Å². The first-order chi connectivity index (χ1) is 15.9. The summed E-state index contributed by atoms with van der Waals surface area (Å²) >= 11 is 0. The minimum Gasteiger partial charge on any atom is -0.392 e. The lowest BCUT2D eigenvalue weighted by Crippen LogP contribution is -2.55. The van der Waals surface area contributed by atoms with Crippen LogP contribution in [0.15, 0.2) is 47.5 Å². The van der Waals surface area contributed by atoms with Crippen LogP contribution in [0.25, 0.3) is 0 Å². The fourth-order valence-corrected chi connectivity index (χ4v) is 4.18. The van der Waals surface area contributed by atoms with Gasteiger partial charge in [0.2, 0.25) is 5.96 Å². The highest BCUT2D eigenvalue weighted by molar-refractivity contribution is 6.02. The summed E-state index contributed by atoms with van der Waals surface area (Å²) in [5, 5.41) is 17.1. The van der Waals surface area contributed by atoms with Crippen LogP contribution in [0, 0.1) is 11.6 Å². The Morgan fingerprint density at radius 1 is 1.12 bits per heavy atom. The smallest absolute Gasteiger partial charge is 0.280 e. The van der Waals surface area contributed by atoms with E-state index in [4.69, 9.17) is 5.84 Å². The average molecular weight is 459 g/mol. The Balaban J connectivity index is 1.49. The van der Waals surface area contributed by atoms with E-state index in [1.165, 1.54) is 11.2 Å². The Bertz CT molecular complexity index is 1010. The molecule has 2 atom stereocenters. The van der Waals surface area contributed by atoms with Gasteiger partial charge in [-0.15, -0.1) is 0 Å². The molecule has 1 saturated carbocycles. The molecule has 2 aromatic rings. The van der Waals surface area contributed by atoms with Gasteiger partial charge < -0.3 is 15.7 Å². The molecule has 6 N–H and O–H groups in total. The fourth-order valence-electron chi connectivity index (χ4n) is 4.18. The topological polar surface area (TPSA) is 115 Å². The van der Waals surface area contributed by atoms with Crippen LogP contribution in [0.4, 0.5) is 8.78 Å². The van der Waals surface area contributed by atoms with Crippen LogP contribution in [0.1, 0.15) is 59.6 Å². The summed E-state index contributed by atoms with van der Waals surface area (Å²) < 4.78 is 26.8. The molecule has 10 heteroatoms. The number of guanidine groups is 1. The van der Waals surface area contributed by atoms with E-state index in [1.807, 2.05) is 24.3 Å². The average Bonchev–Trinajstić information content (AvgIpc) is 3.45. The molecule has 1 saturated heterocycles. The van der Waals surface area contributed by atoms with Crippen LogP contribution < -0.4 is 21.9 Å². The van der Waals surface area contributed by atoms with Crippen molar-refractivity contribution in [2.24, 2.45) is 10.8 Å². The highest BCUT2D eigenvalue weighted by Gasteiger charge is 2.32. The van der Waals surface area contributed by atoms with Gasteiger partial charge in [0.25, 0.3) is 5.91 Å². The number of aliphatic hydroxyl groups is 1. The van der Waals surface area contributed by atoms with Crippen LogP contribution >= 0.6 is 0 Å². The van der Waals surface area contributed by atoms with Crippen molar-refractivity contribution >= 4 is 11.9 Å². The Labute approximate surface area is 190 Å². The van der Waals surface area contributed by atoms with Crippen molar-refractivity contribution in [3.05, 3.63) is 70.8 Å².